The van der Waals surface area contributed by atoms with Crippen LogP contribution in [0.4, 0.5) is 0 Å². The highest BCUT2D eigenvalue weighted by molar-refractivity contribution is 7.99. The number of carbonyl (C=O) groups is 1. The number of likely N-dealkylation sites (tertiary alicyclic amines) is 1. The molecule has 3 aromatic rings. The SMILES string of the molecule is Cc1ccc(CSCC(=O)N2CCCC2c2nc3ccccc3[nH]2)cc1. The van der Waals surface area contributed by atoms with E-state index in [-0.39, 0.29) is 11.9 Å². The second kappa shape index (κ2) is 7.54. The van der Waals surface area contributed by atoms with Gasteiger partial charge in [0.1, 0.15) is 5.82 Å². The zero-order chi connectivity index (χ0) is 17.9. The third-order valence-electron chi connectivity index (χ3n) is 4.91. The molecule has 1 aliphatic heterocycles. The van der Waals surface area contributed by atoms with Crippen LogP contribution in [0.1, 0.15) is 35.8 Å². The number of carbonyl (C=O) groups excluding carboxylic acids is 1. The summed E-state index contributed by atoms with van der Waals surface area (Å²) in [4.78, 5) is 22.9. The minimum atomic E-state index is 0.0786. The normalized spacial score (nSPS) is 17.1. The van der Waals surface area contributed by atoms with Crippen molar-refractivity contribution in [2.24, 2.45) is 0 Å². The summed E-state index contributed by atoms with van der Waals surface area (Å²) in [5, 5.41) is 0. The summed E-state index contributed by atoms with van der Waals surface area (Å²) in [6.45, 7) is 2.91. The molecule has 1 N–H and O–H groups in total. The molecule has 1 fully saturated rings. The number of hydrogen-bond acceptors (Lipinski definition) is 3. The summed E-state index contributed by atoms with van der Waals surface area (Å²) < 4.78 is 0. The van der Waals surface area contributed by atoms with Crippen molar-refractivity contribution in [3.8, 4) is 0 Å². The van der Waals surface area contributed by atoms with Crippen molar-refractivity contribution in [1.29, 1.82) is 0 Å². The van der Waals surface area contributed by atoms with E-state index in [0.717, 1.165) is 42.0 Å². The molecular weight excluding hydrogens is 342 g/mol. The van der Waals surface area contributed by atoms with E-state index in [1.165, 1.54) is 11.1 Å². The highest BCUT2D eigenvalue weighted by Gasteiger charge is 2.31. The lowest BCUT2D eigenvalue weighted by Gasteiger charge is -2.23. The van der Waals surface area contributed by atoms with Crippen LogP contribution in [-0.2, 0) is 10.5 Å². The molecule has 1 unspecified atom stereocenters. The molecule has 4 nitrogen and oxygen atoms in total. The maximum atomic E-state index is 12.8. The van der Waals surface area contributed by atoms with Gasteiger partial charge < -0.3 is 9.88 Å². The van der Waals surface area contributed by atoms with E-state index in [9.17, 15) is 4.79 Å². The van der Waals surface area contributed by atoms with Crippen LogP contribution in [0.5, 0.6) is 0 Å². The summed E-state index contributed by atoms with van der Waals surface area (Å²) in [7, 11) is 0. The Hall–Kier alpha value is -2.27. The topological polar surface area (TPSA) is 49.0 Å². The molecule has 0 bridgehead atoms. The van der Waals surface area contributed by atoms with Crippen molar-refractivity contribution in [3.05, 3.63) is 65.5 Å². The molecule has 5 heteroatoms. The number of fused-ring (bicyclic) bond motifs is 1. The number of imidazole rings is 1. The number of aromatic amines is 1. The summed E-state index contributed by atoms with van der Waals surface area (Å²) >= 11 is 1.69. The number of aromatic nitrogens is 2. The molecule has 0 radical (unpaired) electrons. The molecule has 26 heavy (non-hydrogen) atoms. The molecule has 1 atom stereocenters. The van der Waals surface area contributed by atoms with Crippen LogP contribution in [0.3, 0.4) is 0 Å². The molecule has 1 amide bonds. The van der Waals surface area contributed by atoms with Gasteiger partial charge in [-0.15, -0.1) is 11.8 Å². The van der Waals surface area contributed by atoms with Gasteiger partial charge in [0.15, 0.2) is 0 Å². The van der Waals surface area contributed by atoms with Crippen LogP contribution in [0.2, 0.25) is 0 Å². The number of nitrogens with zero attached hydrogens (tertiary/aromatic N) is 2. The maximum absolute atomic E-state index is 12.8. The Labute approximate surface area is 158 Å². The summed E-state index contributed by atoms with van der Waals surface area (Å²) in [5.41, 5.74) is 4.54. The average molecular weight is 366 g/mol. The number of amides is 1. The van der Waals surface area contributed by atoms with Crippen LogP contribution < -0.4 is 0 Å². The number of hydrogen-bond donors (Lipinski definition) is 1. The van der Waals surface area contributed by atoms with Gasteiger partial charge in [0.2, 0.25) is 5.91 Å². The Kier molecular flexibility index (Phi) is 4.98. The number of rotatable bonds is 5. The maximum Gasteiger partial charge on any atom is 0.233 e. The third kappa shape index (κ3) is 3.63. The van der Waals surface area contributed by atoms with E-state index in [4.69, 9.17) is 4.98 Å². The predicted octanol–water partition coefficient (Wildman–Crippen LogP) is 4.47. The van der Waals surface area contributed by atoms with E-state index >= 15 is 0 Å². The van der Waals surface area contributed by atoms with Crippen LogP contribution in [0.15, 0.2) is 48.5 Å². The highest BCUT2D eigenvalue weighted by Crippen LogP contribution is 2.32. The fourth-order valence-electron chi connectivity index (χ4n) is 3.50. The van der Waals surface area contributed by atoms with Gasteiger partial charge in [-0.3, -0.25) is 4.79 Å². The smallest absolute Gasteiger partial charge is 0.233 e. The quantitative estimate of drug-likeness (QED) is 0.726. The van der Waals surface area contributed by atoms with Crippen molar-refractivity contribution < 1.29 is 4.79 Å². The van der Waals surface area contributed by atoms with E-state index in [1.54, 1.807) is 11.8 Å². The molecule has 4 rings (SSSR count). The number of aryl methyl sites for hydroxylation is 1. The first-order valence-corrected chi connectivity index (χ1v) is 10.2. The molecule has 2 aromatic carbocycles. The zero-order valence-corrected chi connectivity index (χ0v) is 15.8. The van der Waals surface area contributed by atoms with Crippen molar-refractivity contribution in [2.75, 3.05) is 12.3 Å². The number of H-pyrrole nitrogens is 1. The van der Waals surface area contributed by atoms with Crippen molar-refractivity contribution >= 4 is 28.7 Å². The van der Waals surface area contributed by atoms with Gasteiger partial charge in [0, 0.05) is 12.3 Å². The monoisotopic (exact) mass is 365 g/mol. The summed E-state index contributed by atoms with van der Waals surface area (Å²) in [5.74, 6) is 2.52. The Bertz CT molecular complexity index is 870. The molecular formula is C21H23N3OS. The van der Waals surface area contributed by atoms with Crippen LogP contribution in [0, 0.1) is 6.92 Å². The van der Waals surface area contributed by atoms with E-state index in [2.05, 4.69) is 36.2 Å². The average Bonchev–Trinajstić information content (AvgIpc) is 3.29. The van der Waals surface area contributed by atoms with E-state index in [1.807, 2.05) is 29.2 Å². The van der Waals surface area contributed by atoms with Gasteiger partial charge in [-0.05, 0) is 37.5 Å². The van der Waals surface area contributed by atoms with Crippen molar-refractivity contribution in [3.63, 3.8) is 0 Å². The van der Waals surface area contributed by atoms with E-state index in [0.29, 0.717) is 5.75 Å². The first-order valence-electron chi connectivity index (χ1n) is 9.08. The van der Waals surface area contributed by atoms with Crippen LogP contribution in [-0.4, -0.2) is 33.1 Å². The summed E-state index contributed by atoms with van der Waals surface area (Å²) in [6.07, 6.45) is 2.02. The van der Waals surface area contributed by atoms with Gasteiger partial charge in [-0.2, -0.15) is 0 Å². The second-order valence-corrected chi connectivity index (χ2v) is 7.85. The van der Waals surface area contributed by atoms with Gasteiger partial charge in [-0.1, -0.05) is 42.0 Å². The van der Waals surface area contributed by atoms with Crippen molar-refractivity contribution in [1.82, 2.24) is 14.9 Å². The lowest BCUT2D eigenvalue weighted by Crippen LogP contribution is -2.32. The Morgan fingerprint density at radius 1 is 1.23 bits per heavy atom. The van der Waals surface area contributed by atoms with Gasteiger partial charge in [0.05, 0.1) is 22.8 Å². The Morgan fingerprint density at radius 3 is 2.85 bits per heavy atom. The fraction of sp³-hybridized carbons (Fsp3) is 0.333. The Morgan fingerprint density at radius 2 is 2.04 bits per heavy atom. The third-order valence-corrected chi connectivity index (χ3v) is 5.90. The lowest BCUT2D eigenvalue weighted by molar-refractivity contribution is -0.129. The van der Waals surface area contributed by atoms with Gasteiger partial charge in [-0.25, -0.2) is 4.98 Å². The fourth-order valence-corrected chi connectivity index (χ4v) is 4.37. The predicted molar refractivity (Wildman–Crippen MR) is 107 cm³/mol. The van der Waals surface area contributed by atoms with Gasteiger partial charge in [0.25, 0.3) is 0 Å². The van der Waals surface area contributed by atoms with Gasteiger partial charge >= 0.3 is 0 Å². The Balaban J connectivity index is 1.39. The minimum Gasteiger partial charge on any atom is -0.340 e. The first-order chi connectivity index (χ1) is 12.7. The zero-order valence-electron chi connectivity index (χ0n) is 14.9. The van der Waals surface area contributed by atoms with Crippen LogP contribution in [0.25, 0.3) is 11.0 Å². The molecule has 1 aromatic heterocycles. The standard InChI is InChI=1S/C21H23N3OS/c1-15-8-10-16(11-9-15)13-26-14-20(25)24-12-4-7-19(24)21-22-17-5-2-3-6-18(17)23-21/h2-3,5-6,8-11,19H,4,7,12-14H2,1H3,(H,22,23). The molecule has 0 aliphatic carbocycles. The number of benzene rings is 2. The minimum absolute atomic E-state index is 0.0786. The number of para-hydroxylation sites is 2. The number of thioether (sulfide) groups is 1. The molecule has 134 valence electrons. The molecule has 1 aliphatic rings. The lowest BCUT2D eigenvalue weighted by atomic mass is 10.2. The van der Waals surface area contributed by atoms with Crippen LogP contribution >= 0.6 is 11.8 Å². The highest BCUT2D eigenvalue weighted by atomic mass is 32.2. The molecule has 2 heterocycles. The second-order valence-electron chi connectivity index (χ2n) is 6.86. The molecule has 1 saturated heterocycles. The summed E-state index contributed by atoms with van der Waals surface area (Å²) in [6, 6.07) is 16.6. The largest absolute Gasteiger partial charge is 0.340 e. The molecule has 0 saturated carbocycles. The number of nitrogens with one attached hydrogen (secondary N) is 1. The van der Waals surface area contributed by atoms with E-state index < -0.39 is 0 Å². The van der Waals surface area contributed by atoms with Crippen molar-refractivity contribution in [2.45, 2.75) is 31.6 Å². The molecule has 0 spiro atoms. The first kappa shape index (κ1) is 17.2.